The van der Waals surface area contributed by atoms with Crippen LogP contribution in [0.1, 0.15) is 27.2 Å². The Kier molecular flexibility index (Phi) is 6.15. The molecule has 0 saturated carbocycles. The largest absolute Gasteiger partial charge is 0.491 e. The number of allylic oxidation sites excluding steroid dienone is 1. The first-order chi connectivity index (χ1) is 12.2. The summed E-state index contributed by atoms with van der Waals surface area (Å²) in [5.74, 6) is -0.515. The smallest absolute Gasteiger partial charge is 0.351 e. The molecule has 0 saturated heterocycles. The van der Waals surface area contributed by atoms with Crippen molar-refractivity contribution in [2.24, 2.45) is 0 Å². The molecule has 0 fully saturated rings. The fourth-order valence-corrected chi connectivity index (χ4v) is 2.64. The Morgan fingerprint density at radius 2 is 1.96 bits per heavy atom. The van der Waals surface area contributed by atoms with Gasteiger partial charge in [-0.15, -0.1) is 0 Å². The van der Waals surface area contributed by atoms with Crippen LogP contribution in [0.15, 0.2) is 45.6 Å². The lowest BCUT2D eigenvalue weighted by Gasteiger charge is -2.09. The minimum atomic E-state index is -3.22. The number of carbonyl (C=O) groups is 1. The van der Waals surface area contributed by atoms with Crippen LogP contribution in [-0.4, -0.2) is 32.8 Å². The van der Waals surface area contributed by atoms with E-state index in [0.717, 1.165) is 17.4 Å². The molecule has 1 aromatic heterocycles. The number of benzene rings is 1. The molecule has 1 heterocycles. The second-order valence-corrected chi connectivity index (χ2v) is 8.23. The van der Waals surface area contributed by atoms with Gasteiger partial charge in [0.15, 0.2) is 15.6 Å². The van der Waals surface area contributed by atoms with E-state index in [9.17, 15) is 18.0 Å². The van der Waals surface area contributed by atoms with E-state index in [2.05, 4.69) is 0 Å². The van der Waals surface area contributed by atoms with Crippen LogP contribution in [0.3, 0.4) is 0 Å². The maximum atomic E-state index is 12.5. The first kappa shape index (κ1) is 19.7. The van der Waals surface area contributed by atoms with Crippen LogP contribution in [0.5, 0.6) is 5.75 Å². The van der Waals surface area contributed by atoms with Crippen molar-refractivity contribution in [2.75, 3.05) is 18.6 Å². The molecule has 0 radical (unpaired) electrons. The van der Waals surface area contributed by atoms with Crippen molar-refractivity contribution in [2.45, 2.75) is 13.8 Å². The maximum absolute atomic E-state index is 12.5. The van der Waals surface area contributed by atoms with Gasteiger partial charge in [0.1, 0.15) is 23.7 Å². The summed E-state index contributed by atoms with van der Waals surface area (Å²) in [5.41, 5.74) is 0.778. The zero-order chi connectivity index (χ0) is 19.3. The maximum Gasteiger partial charge on any atom is 0.351 e. The molecule has 0 bridgehead atoms. The molecule has 2 aromatic rings. The van der Waals surface area contributed by atoms with Crippen LogP contribution in [0.4, 0.5) is 0 Å². The van der Waals surface area contributed by atoms with Crippen molar-refractivity contribution in [3.05, 3.63) is 69.3 Å². The van der Waals surface area contributed by atoms with E-state index in [1.165, 1.54) is 12.1 Å². The highest BCUT2D eigenvalue weighted by Gasteiger charge is 2.18. The predicted molar refractivity (Wildman–Crippen MR) is 99.5 cm³/mol. The molecule has 0 atom stereocenters. The lowest BCUT2D eigenvalue weighted by molar-refractivity contribution is 0.103. The molecular weight excluding hydrogens is 356 g/mol. The molecule has 0 N–H and O–H groups in total. The van der Waals surface area contributed by atoms with Crippen molar-refractivity contribution < 1.29 is 22.4 Å². The van der Waals surface area contributed by atoms with Gasteiger partial charge in [-0.25, -0.2) is 13.2 Å². The average Bonchev–Trinajstić information content (AvgIpc) is 2.51. The Labute approximate surface area is 152 Å². The van der Waals surface area contributed by atoms with Crippen LogP contribution in [0.2, 0.25) is 0 Å². The topological polar surface area (TPSA) is 90.7 Å². The number of hydrogen-bond donors (Lipinski definition) is 0. The quantitative estimate of drug-likeness (QED) is 0.545. The van der Waals surface area contributed by atoms with Gasteiger partial charge in [0.05, 0.1) is 5.75 Å². The number of ether oxygens (including phenoxy) is 1. The highest BCUT2D eigenvalue weighted by atomic mass is 32.2. The summed E-state index contributed by atoms with van der Waals surface area (Å²) >= 11 is 0. The van der Waals surface area contributed by atoms with Gasteiger partial charge in [0, 0.05) is 12.3 Å². The van der Waals surface area contributed by atoms with Crippen molar-refractivity contribution in [3.8, 4) is 5.75 Å². The molecule has 6 nitrogen and oxygen atoms in total. The standard InChI is InChI=1S/C19H20O6S/c1-13-5-4-6-15(11-13)7-8-16(20)18-17(12-14(2)25-19(18)21)24-9-10-26(3,22)23/h4-8,11-12H,9-10H2,1-3H3/b8-7+. The van der Waals surface area contributed by atoms with E-state index in [4.69, 9.17) is 9.15 Å². The van der Waals surface area contributed by atoms with Gasteiger partial charge in [-0.1, -0.05) is 35.9 Å². The molecule has 0 amide bonds. The lowest BCUT2D eigenvalue weighted by Crippen LogP contribution is -2.18. The number of aryl methyl sites for hydroxylation is 2. The summed E-state index contributed by atoms with van der Waals surface area (Å²) in [4.78, 5) is 24.6. The molecule has 0 aliphatic carbocycles. The summed E-state index contributed by atoms with van der Waals surface area (Å²) in [6.07, 6.45) is 3.94. The highest BCUT2D eigenvalue weighted by molar-refractivity contribution is 7.90. The van der Waals surface area contributed by atoms with E-state index in [1.807, 2.05) is 31.2 Å². The lowest BCUT2D eigenvalue weighted by atomic mass is 10.1. The Balaban J connectivity index is 2.29. The zero-order valence-electron chi connectivity index (χ0n) is 14.8. The fourth-order valence-electron chi connectivity index (χ4n) is 2.25. The second-order valence-electron chi connectivity index (χ2n) is 5.97. The van der Waals surface area contributed by atoms with Crippen LogP contribution in [0, 0.1) is 13.8 Å². The van der Waals surface area contributed by atoms with Gasteiger partial charge in [-0.3, -0.25) is 4.79 Å². The highest BCUT2D eigenvalue weighted by Crippen LogP contribution is 2.18. The number of hydrogen-bond acceptors (Lipinski definition) is 6. The second kappa shape index (κ2) is 8.14. The third kappa shape index (κ3) is 5.70. The summed E-state index contributed by atoms with van der Waals surface area (Å²) < 4.78 is 32.8. The summed E-state index contributed by atoms with van der Waals surface area (Å²) in [6, 6.07) is 8.92. The third-order valence-electron chi connectivity index (χ3n) is 3.47. The first-order valence-electron chi connectivity index (χ1n) is 7.90. The van der Waals surface area contributed by atoms with Crippen LogP contribution in [0.25, 0.3) is 6.08 Å². The monoisotopic (exact) mass is 376 g/mol. The number of sulfone groups is 1. The van der Waals surface area contributed by atoms with Crippen molar-refractivity contribution in [3.63, 3.8) is 0 Å². The molecule has 0 aliphatic rings. The minimum absolute atomic E-state index is 0.0151. The number of ketones is 1. The number of rotatable bonds is 7. The van der Waals surface area contributed by atoms with Gasteiger partial charge in [-0.05, 0) is 25.5 Å². The Bertz CT molecular complexity index is 999. The van der Waals surface area contributed by atoms with Crippen LogP contribution < -0.4 is 10.4 Å². The van der Waals surface area contributed by atoms with Crippen LogP contribution >= 0.6 is 0 Å². The van der Waals surface area contributed by atoms with Crippen molar-refractivity contribution >= 4 is 21.7 Å². The molecule has 138 valence electrons. The molecule has 0 aliphatic heterocycles. The van der Waals surface area contributed by atoms with Gasteiger partial charge in [-0.2, -0.15) is 0 Å². The first-order valence-corrected chi connectivity index (χ1v) is 9.96. The summed E-state index contributed by atoms with van der Waals surface area (Å²) in [5, 5.41) is 0. The Morgan fingerprint density at radius 3 is 2.62 bits per heavy atom. The Morgan fingerprint density at radius 1 is 1.23 bits per heavy atom. The molecular formula is C19H20O6S. The molecule has 0 unspecified atom stereocenters. The summed E-state index contributed by atoms with van der Waals surface area (Å²) in [7, 11) is -3.22. The molecule has 26 heavy (non-hydrogen) atoms. The van der Waals surface area contributed by atoms with E-state index in [0.29, 0.717) is 0 Å². The minimum Gasteiger partial charge on any atom is -0.491 e. The predicted octanol–water partition coefficient (Wildman–Crippen LogP) is 2.58. The average molecular weight is 376 g/mol. The zero-order valence-corrected chi connectivity index (χ0v) is 15.6. The summed E-state index contributed by atoms with van der Waals surface area (Å²) in [6.45, 7) is 3.31. The van der Waals surface area contributed by atoms with Crippen LogP contribution in [-0.2, 0) is 9.84 Å². The number of carbonyl (C=O) groups excluding carboxylic acids is 1. The van der Waals surface area contributed by atoms with E-state index < -0.39 is 21.2 Å². The van der Waals surface area contributed by atoms with Gasteiger partial charge < -0.3 is 9.15 Å². The fraction of sp³-hybridized carbons (Fsp3) is 0.263. The Hall–Kier alpha value is -2.67. The molecule has 1 aromatic carbocycles. The molecule has 2 rings (SSSR count). The van der Waals surface area contributed by atoms with Gasteiger partial charge in [0.2, 0.25) is 0 Å². The van der Waals surface area contributed by atoms with Crippen molar-refractivity contribution in [1.82, 2.24) is 0 Å². The normalized spacial score (nSPS) is 11.7. The SMILES string of the molecule is Cc1cccc(/C=C/C(=O)c2c(OCCS(C)(=O)=O)cc(C)oc2=O)c1. The van der Waals surface area contributed by atoms with E-state index >= 15 is 0 Å². The third-order valence-corrected chi connectivity index (χ3v) is 4.37. The van der Waals surface area contributed by atoms with Crippen molar-refractivity contribution in [1.29, 1.82) is 0 Å². The molecule has 0 spiro atoms. The van der Waals surface area contributed by atoms with Gasteiger partial charge >= 0.3 is 5.63 Å². The van der Waals surface area contributed by atoms with Gasteiger partial charge in [0.25, 0.3) is 0 Å². The molecule has 7 heteroatoms. The van der Waals surface area contributed by atoms with E-state index in [1.54, 1.807) is 13.0 Å². The van der Waals surface area contributed by atoms with E-state index in [-0.39, 0.29) is 29.4 Å².